The molecule has 1 aliphatic rings. The summed E-state index contributed by atoms with van der Waals surface area (Å²) in [6, 6.07) is 4.10. The Labute approximate surface area is 126 Å². The molecule has 21 heavy (non-hydrogen) atoms. The summed E-state index contributed by atoms with van der Waals surface area (Å²) in [4.78, 5) is 0.00740. The Bertz CT molecular complexity index is 594. The van der Waals surface area contributed by atoms with Crippen molar-refractivity contribution in [1.29, 1.82) is 0 Å². The highest BCUT2D eigenvalue weighted by Crippen LogP contribution is 2.29. The molecule has 4 nitrogen and oxygen atoms in total. The molecule has 0 atom stereocenters. The molecule has 1 aromatic carbocycles. The second-order valence-electron chi connectivity index (χ2n) is 5.91. The van der Waals surface area contributed by atoms with E-state index in [9.17, 15) is 12.8 Å². The minimum atomic E-state index is -3.66. The van der Waals surface area contributed by atoms with Crippen molar-refractivity contribution in [3.05, 3.63) is 29.6 Å². The van der Waals surface area contributed by atoms with Gasteiger partial charge in [0.25, 0.3) is 0 Å². The lowest BCUT2D eigenvalue weighted by Gasteiger charge is -2.33. The maximum atomic E-state index is 13.8. The van der Waals surface area contributed by atoms with Crippen molar-refractivity contribution >= 4 is 10.0 Å². The van der Waals surface area contributed by atoms with Gasteiger partial charge >= 0.3 is 0 Å². The molecule has 1 aliphatic heterocycles. The fourth-order valence-corrected chi connectivity index (χ4v) is 4.61. The van der Waals surface area contributed by atoms with Crippen LogP contribution in [-0.2, 0) is 16.6 Å². The quantitative estimate of drug-likeness (QED) is 0.928. The van der Waals surface area contributed by atoms with Crippen LogP contribution in [-0.4, -0.2) is 25.8 Å². The normalized spacial score (nSPS) is 18.3. The minimum absolute atomic E-state index is 0.00740. The SMILES string of the molecule is CC(C)C1CCN(S(=O)(=O)c2cccc(F)c2CN)CC1. The molecule has 0 radical (unpaired) electrons. The van der Waals surface area contributed by atoms with Crippen molar-refractivity contribution in [3.63, 3.8) is 0 Å². The first kappa shape index (κ1) is 16.4. The van der Waals surface area contributed by atoms with E-state index in [-0.39, 0.29) is 17.0 Å². The number of benzene rings is 1. The first-order chi connectivity index (χ1) is 9.87. The zero-order valence-electron chi connectivity index (χ0n) is 12.5. The molecule has 6 heteroatoms. The number of hydrogen-bond acceptors (Lipinski definition) is 3. The number of nitrogens with zero attached hydrogens (tertiary/aromatic N) is 1. The Morgan fingerprint density at radius 3 is 2.48 bits per heavy atom. The summed E-state index contributed by atoms with van der Waals surface area (Å²) in [7, 11) is -3.66. The zero-order valence-corrected chi connectivity index (χ0v) is 13.4. The van der Waals surface area contributed by atoms with E-state index in [0.717, 1.165) is 12.8 Å². The molecule has 2 N–H and O–H groups in total. The van der Waals surface area contributed by atoms with Crippen LogP contribution in [0.5, 0.6) is 0 Å². The summed E-state index contributed by atoms with van der Waals surface area (Å²) in [6.45, 7) is 5.18. The van der Waals surface area contributed by atoms with Gasteiger partial charge in [0.05, 0.1) is 4.90 Å². The molecule has 0 bridgehead atoms. The monoisotopic (exact) mass is 314 g/mol. The topological polar surface area (TPSA) is 63.4 Å². The van der Waals surface area contributed by atoms with E-state index in [1.165, 1.54) is 22.5 Å². The largest absolute Gasteiger partial charge is 0.326 e. The van der Waals surface area contributed by atoms with Gasteiger partial charge in [-0.3, -0.25) is 0 Å². The molecular formula is C15H23FN2O2S. The number of piperidine rings is 1. The van der Waals surface area contributed by atoms with E-state index in [1.54, 1.807) is 0 Å². The Balaban J connectivity index is 2.26. The zero-order chi connectivity index (χ0) is 15.6. The van der Waals surface area contributed by atoms with Crippen molar-refractivity contribution in [1.82, 2.24) is 4.31 Å². The van der Waals surface area contributed by atoms with Gasteiger partial charge in [0, 0.05) is 25.2 Å². The van der Waals surface area contributed by atoms with E-state index in [2.05, 4.69) is 13.8 Å². The number of halogens is 1. The van der Waals surface area contributed by atoms with Crippen molar-refractivity contribution < 1.29 is 12.8 Å². The highest BCUT2D eigenvalue weighted by molar-refractivity contribution is 7.89. The van der Waals surface area contributed by atoms with Crippen LogP contribution in [0, 0.1) is 17.7 Å². The Kier molecular flexibility index (Phi) is 5.01. The second-order valence-corrected chi connectivity index (χ2v) is 7.81. The third-order valence-electron chi connectivity index (χ3n) is 4.34. The van der Waals surface area contributed by atoms with Crippen LogP contribution in [0.4, 0.5) is 4.39 Å². The lowest BCUT2D eigenvalue weighted by molar-refractivity contribution is 0.226. The lowest BCUT2D eigenvalue weighted by atomic mass is 9.87. The smallest absolute Gasteiger partial charge is 0.243 e. The molecule has 1 aromatic rings. The van der Waals surface area contributed by atoms with Crippen LogP contribution < -0.4 is 5.73 Å². The highest BCUT2D eigenvalue weighted by Gasteiger charge is 2.32. The van der Waals surface area contributed by atoms with E-state index >= 15 is 0 Å². The molecule has 2 rings (SSSR count). The molecule has 0 spiro atoms. The van der Waals surface area contributed by atoms with E-state index in [4.69, 9.17) is 5.73 Å². The number of sulfonamides is 1. The van der Waals surface area contributed by atoms with Gasteiger partial charge in [-0.25, -0.2) is 12.8 Å². The summed E-state index contributed by atoms with van der Waals surface area (Å²) >= 11 is 0. The van der Waals surface area contributed by atoms with Crippen LogP contribution >= 0.6 is 0 Å². The maximum Gasteiger partial charge on any atom is 0.243 e. The fraction of sp³-hybridized carbons (Fsp3) is 0.600. The van der Waals surface area contributed by atoms with Crippen LogP contribution in [0.15, 0.2) is 23.1 Å². The fourth-order valence-electron chi connectivity index (χ4n) is 2.90. The molecule has 1 heterocycles. The van der Waals surface area contributed by atoms with Gasteiger partial charge in [-0.05, 0) is 36.8 Å². The standard InChI is InChI=1S/C15H23FN2O2S/c1-11(2)12-6-8-18(9-7-12)21(19,20)15-5-3-4-14(16)13(15)10-17/h3-5,11-12H,6-10,17H2,1-2H3. The van der Waals surface area contributed by atoms with E-state index < -0.39 is 15.8 Å². The minimum Gasteiger partial charge on any atom is -0.326 e. The summed E-state index contributed by atoms with van der Waals surface area (Å²) in [5.74, 6) is 0.553. The Hall–Kier alpha value is -0.980. The molecule has 1 fully saturated rings. The average molecular weight is 314 g/mol. The van der Waals surface area contributed by atoms with Crippen LogP contribution in [0.2, 0.25) is 0 Å². The molecule has 0 aromatic heterocycles. The van der Waals surface area contributed by atoms with Gasteiger partial charge in [-0.15, -0.1) is 0 Å². The molecule has 1 saturated heterocycles. The van der Waals surface area contributed by atoms with Gasteiger partial charge in [0.2, 0.25) is 10.0 Å². The van der Waals surface area contributed by atoms with Crippen LogP contribution in [0.1, 0.15) is 32.3 Å². The lowest BCUT2D eigenvalue weighted by Crippen LogP contribution is -2.40. The van der Waals surface area contributed by atoms with Crippen molar-refractivity contribution in [2.24, 2.45) is 17.6 Å². The molecule has 0 aliphatic carbocycles. The van der Waals surface area contributed by atoms with E-state index in [1.807, 2.05) is 0 Å². The maximum absolute atomic E-state index is 13.8. The van der Waals surface area contributed by atoms with Gasteiger partial charge < -0.3 is 5.73 Å². The van der Waals surface area contributed by atoms with Crippen molar-refractivity contribution in [2.75, 3.05) is 13.1 Å². The summed E-state index contributed by atoms with van der Waals surface area (Å²) in [6.07, 6.45) is 1.70. The first-order valence-corrected chi connectivity index (χ1v) is 8.79. The summed E-state index contributed by atoms with van der Waals surface area (Å²) in [5.41, 5.74) is 5.59. The molecule has 0 amide bonds. The predicted octanol–water partition coefficient (Wildman–Crippen LogP) is 2.34. The highest BCUT2D eigenvalue weighted by atomic mass is 32.2. The van der Waals surface area contributed by atoms with Crippen LogP contribution in [0.25, 0.3) is 0 Å². The third kappa shape index (κ3) is 3.27. The number of rotatable bonds is 4. The summed E-state index contributed by atoms with van der Waals surface area (Å²) < 4.78 is 40.6. The first-order valence-electron chi connectivity index (χ1n) is 7.35. The molecule has 0 unspecified atom stereocenters. The molecule has 118 valence electrons. The number of nitrogens with two attached hydrogens (primary N) is 1. The van der Waals surface area contributed by atoms with Gasteiger partial charge in [-0.2, -0.15) is 4.31 Å². The van der Waals surface area contributed by atoms with Gasteiger partial charge in [0.15, 0.2) is 0 Å². The van der Waals surface area contributed by atoms with Gasteiger partial charge in [-0.1, -0.05) is 19.9 Å². The Morgan fingerprint density at radius 1 is 1.33 bits per heavy atom. The molecule has 0 saturated carbocycles. The predicted molar refractivity (Wildman–Crippen MR) is 80.6 cm³/mol. The Morgan fingerprint density at radius 2 is 1.95 bits per heavy atom. The van der Waals surface area contributed by atoms with E-state index in [0.29, 0.717) is 24.9 Å². The van der Waals surface area contributed by atoms with Gasteiger partial charge in [0.1, 0.15) is 5.82 Å². The number of hydrogen-bond donors (Lipinski definition) is 1. The second kappa shape index (κ2) is 6.42. The van der Waals surface area contributed by atoms with Crippen molar-refractivity contribution in [3.8, 4) is 0 Å². The third-order valence-corrected chi connectivity index (χ3v) is 6.32. The summed E-state index contributed by atoms with van der Waals surface area (Å²) in [5, 5.41) is 0. The van der Waals surface area contributed by atoms with Crippen LogP contribution in [0.3, 0.4) is 0 Å². The molecular weight excluding hydrogens is 291 g/mol. The average Bonchev–Trinajstić information content (AvgIpc) is 2.47. The van der Waals surface area contributed by atoms with Crippen molar-refractivity contribution in [2.45, 2.75) is 38.1 Å².